The minimum Gasteiger partial charge on any atom is -0.497 e. The van der Waals surface area contributed by atoms with Gasteiger partial charge in [-0.25, -0.2) is 0 Å². The van der Waals surface area contributed by atoms with Crippen molar-refractivity contribution in [1.29, 1.82) is 0 Å². The maximum absolute atomic E-state index is 12.6. The number of carbonyl (C=O) groups is 1. The largest absolute Gasteiger partial charge is 0.497 e. The number of methoxy groups -OCH3 is 2. The molecule has 2 aromatic carbocycles. The van der Waals surface area contributed by atoms with Crippen molar-refractivity contribution in [2.45, 2.75) is 10.0 Å². The zero-order valence-corrected chi connectivity index (χ0v) is 14.4. The van der Waals surface area contributed by atoms with E-state index in [1.807, 2.05) is 24.3 Å². The summed E-state index contributed by atoms with van der Waals surface area (Å²) in [5, 5.41) is 0. The number of alkyl halides is 1. The van der Waals surface area contributed by atoms with Gasteiger partial charge in [-0.15, -0.1) is 0 Å². The van der Waals surface area contributed by atoms with Crippen molar-refractivity contribution >= 4 is 28.4 Å². The van der Waals surface area contributed by atoms with Crippen LogP contribution in [-0.4, -0.2) is 23.9 Å². The fraction of sp³-hybridized carbons (Fsp3) is 0.235. The van der Waals surface area contributed by atoms with Crippen LogP contribution in [0.3, 0.4) is 0 Å². The molecule has 1 aliphatic rings. The summed E-state index contributed by atoms with van der Waals surface area (Å²) in [6.07, 6.45) is -0.321. The first-order chi connectivity index (χ1) is 10.6. The number of fused-ring (bicyclic) bond motifs is 1. The highest BCUT2D eigenvalue weighted by Gasteiger charge is 2.36. The summed E-state index contributed by atoms with van der Waals surface area (Å²) < 4.78 is 16.2. The molecule has 0 unspecified atom stereocenters. The Bertz CT molecular complexity index is 696. The van der Waals surface area contributed by atoms with E-state index in [0.29, 0.717) is 17.1 Å². The highest BCUT2D eigenvalue weighted by molar-refractivity contribution is 14.1. The predicted molar refractivity (Wildman–Crippen MR) is 91.5 cm³/mol. The molecule has 3 rings (SSSR count). The highest BCUT2D eigenvalue weighted by atomic mass is 127. The molecule has 22 heavy (non-hydrogen) atoms. The first kappa shape index (κ1) is 15.1. The van der Waals surface area contributed by atoms with E-state index < -0.39 is 0 Å². The van der Waals surface area contributed by atoms with E-state index in [1.165, 1.54) is 0 Å². The summed E-state index contributed by atoms with van der Waals surface area (Å²) >= 11 is 2.14. The Kier molecular flexibility index (Phi) is 4.24. The summed E-state index contributed by atoms with van der Waals surface area (Å²) in [5.41, 5.74) is 1.55. The molecule has 0 saturated carbocycles. The van der Waals surface area contributed by atoms with Gasteiger partial charge < -0.3 is 14.2 Å². The van der Waals surface area contributed by atoms with Crippen LogP contribution in [0, 0.1) is 0 Å². The van der Waals surface area contributed by atoms with Gasteiger partial charge in [0.1, 0.15) is 27.3 Å². The molecule has 0 amide bonds. The first-order valence-electron chi connectivity index (χ1n) is 6.81. The molecule has 1 aliphatic heterocycles. The maximum atomic E-state index is 12.6. The van der Waals surface area contributed by atoms with E-state index in [-0.39, 0.29) is 15.8 Å². The number of rotatable bonds is 3. The van der Waals surface area contributed by atoms with Gasteiger partial charge in [-0.3, -0.25) is 4.79 Å². The van der Waals surface area contributed by atoms with Crippen LogP contribution in [0.15, 0.2) is 42.5 Å². The molecule has 0 spiro atoms. The molecule has 114 valence electrons. The summed E-state index contributed by atoms with van der Waals surface area (Å²) in [6, 6.07) is 12.9. The zero-order valence-electron chi connectivity index (χ0n) is 12.2. The van der Waals surface area contributed by atoms with Crippen LogP contribution in [0.5, 0.6) is 17.2 Å². The number of hydrogen-bond acceptors (Lipinski definition) is 4. The molecule has 0 radical (unpaired) electrons. The molecule has 0 fully saturated rings. The summed E-state index contributed by atoms with van der Waals surface area (Å²) in [6.45, 7) is 0. The molecule has 4 nitrogen and oxygen atoms in total. The topological polar surface area (TPSA) is 44.8 Å². The van der Waals surface area contributed by atoms with Crippen molar-refractivity contribution in [2.75, 3.05) is 14.2 Å². The lowest BCUT2D eigenvalue weighted by Gasteiger charge is -2.30. The Morgan fingerprint density at radius 2 is 1.64 bits per heavy atom. The van der Waals surface area contributed by atoms with Crippen molar-refractivity contribution in [1.82, 2.24) is 0 Å². The molecule has 0 saturated heterocycles. The number of ketones is 1. The molecule has 1 heterocycles. The minimum atomic E-state index is -0.321. The molecular formula is C17H15IO4. The van der Waals surface area contributed by atoms with Crippen LogP contribution in [0.2, 0.25) is 0 Å². The van der Waals surface area contributed by atoms with Crippen molar-refractivity contribution in [3.05, 3.63) is 53.6 Å². The van der Waals surface area contributed by atoms with E-state index in [2.05, 4.69) is 22.6 Å². The lowest BCUT2D eigenvalue weighted by molar-refractivity contribution is 0.0879. The van der Waals surface area contributed by atoms with Gasteiger partial charge in [-0.2, -0.15) is 0 Å². The predicted octanol–water partition coefficient (Wildman–Crippen LogP) is 3.82. The average Bonchev–Trinajstić information content (AvgIpc) is 2.57. The van der Waals surface area contributed by atoms with E-state index in [0.717, 1.165) is 11.3 Å². The Labute approximate surface area is 142 Å². The van der Waals surface area contributed by atoms with Crippen LogP contribution in [0.25, 0.3) is 0 Å². The fourth-order valence-corrected chi connectivity index (χ4v) is 3.34. The number of benzene rings is 2. The van der Waals surface area contributed by atoms with E-state index >= 15 is 0 Å². The molecule has 2 atom stereocenters. The van der Waals surface area contributed by atoms with Crippen LogP contribution in [0.1, 0.15) is 22.0 Å². The second kappa shape index (κ2) is 6.16. The number of Topliss-reactive ketones (excluding diaryl/α,β-unsaturated/α-hetero) is 1. The third-order valence-corrected chi connectivity index (χ3v) is 4.89. The second-order valence-corrected chi connectivity index (χ2v) is 6.28. The third-order valence-electron chi connectivity index (χ3n) is 3.67. The van der Waals surface area contributed by atoms with Crippen LogP contribution in [-0.2, 0) is 0 Å². The van der Waals surface area contributed by atoms with Gasteiger partial charge >= 0.3 is 0 Å². The van der Waals surface area contributed by atoms with Crippen molar-refractivity contribution in [3.8, 4) is 17.2 Å². The molecule has 0 N–H and O–H groups in total. The molecule has 0 aromatic heterocycles. The number of carbonyl (C=O) groups excluding carboxylic acids is 1. The van der Waals surface area contributed by atoms with Crippen LogP contribution in [0.4, 0.5) is 0 Å². The maximum Gasteiger partial charge on any atom is 0.183 e. The van der Waals surface area contributed by atoms with Crippen molar-refractivity contribution in [2.24, 2.45) is 0 Å². The lowest BCUT2D eigenvalue weighted by atomic mass is 9.96. The van der Waals surface area contributed by atoms with Gasteiger partial charge in [0.15, 0.2) is 5.78 Å². The normalized spacial score (nSPS) is 20.0. The Morgan fingerprint density at radius 3 is 2.27 bits per heavy atom. The van der Waals surface area contributed by atoms with Gasteiger partial charge in [0.05, 0.1) is 19.8 Å². The third kappa shape index (κ3) is 2.65. The fourth-order valence-electron chi connectivity index (χ4n) is 2.44. The van der Waals surface area contributed by atoms with E-state index in [9.17, 15) is 4.79 Å². The average molecular weight is 410 g/mol. The molecule has 2 aromatic rings. The van der Waals surface area contributed by atoms with Gasteiger partial charge in [0, 0.05) is 6.07 Å². The Balaban J connectivity index is 1.97. The number of ether oxygens (including phenoxy) is 3. The van der Waals surface area contributed by atoms with Gasteiger partial charge in [0.25, 0.3) is 0 Å². The van der Waals surface area contributed by atoms with Crippen molar-refractivity contribution < 1.29 is 19.0 Å². The highest BCUT2D eigenvalue weighted by Crippen LogP contribution is 2.40. The van der Waals surface area contributed by atoms with E-state index in [4.69, 9.17) is 14.2 Å². The summed E-state index contributed by atoms with van der Waals surface area (Å²) in [4.78, 5) is 12.6. The molecule has 5 heteroatoms. The lowest BCUT2D eigenvalue weighted by Crippen LogP contribution is -2.31. The minimum absolute atomic E-state index is 0.0744. The number of hydrogen-bond donors (Lipinski definition) is 0. The van der Waals surface area contributed by atoms with Crippen molar-refractivity contribution in [3.63, 3.8) is 0 Å². The zero-order chi connectivity index (χ0) is 15.7. The first-order valence-corrected chi connectivity index (χ1v) is 8.05. The number of halogens is 1. The smallest absolute Gasteiger partial charge is 0.183 e. The molecule has 0 bridgehead atoms. The summed E-state index contributed by atoms with van der Waals surface area (Å²) in [7, 11) is 3.22. The quantitative estimate of drug-likeness (QED) is 0.570. The monoisotopic (exact) mass is 410 g/mol. The Hall–Kier alpha value is -1.76. The van der Waals surface area contributed by atoms with Gasteiger partial charge in [0.2, 0.25) is 0 Å². The standard InChI is InChI=1S/C17H15IO4/c1-20-11-5-3-10(4-6-11)17-15(18)16(19)13-8-7-12(21-2)9-14(13)22-17/h3-9,15,17H,1-2H3/t15-,17-/m1/s1. The van der Waals surface area contributed by atoms with Crippen LogP contribution >= 0.6 is 22.6 Å². The van der Waals surface area contributed by atoms with Gasteiger partial charge in [-0.05, 0) is 29.8 Å². The SMILES string of the molecule is COc1ccc([C@H]2Oc3cc(OC)ccc3C(=O)[C@H]2I)cc1. The molecule has 0 aliphatic carbocycles. The summed E-state index contributed by atoms with van der Waals surface area (Å²) in [5.74, 6) is 2.09. The van der Waals surface area contributed by atoms with Crippen LogP contribution < -0.4 is 14.2 Å². The van der Waals surface area contributed by atoms with E-state index in [1.54, 1.807) is 32.4 Å². The second-order valence-electron chi connectivity index (χ2n) is 4.94. The molecular weight excluding hydrogens is 395 g/mol. The van der Waals surface area contributed by atoms with Gasteiger partial charge in [-0.1, -0.05) is 34.7 Å². The Morgan fingerprint density at radius 1 is 1.00 bits per heavy atom.